The Balaban J connectivity index is 1.72. The molecule has 0 unspecified atom stereocenters. The number of nitrogens with one attached hydrogen (secondary N) is 1. The normalized spacial score (nSPS) is 12.4. The van der Waals surface area contributed by atoms with E-state index in [-0.39, 0.29) is 11.6 Å². The summed E-state index contributed by atoms with van der Waals surface area (Å²) in [6.07, 6.45) is -3.80. The van der Waals surface area contributed by atoms with Gasteiger partial charge in [0.05, 0.1) is 0 Å². The van der Waals surface area contributed by atoms with Crippen molar-refractivity contribution in [2.45, 2.75) is 12.6 Å². The Morgan fingerprint density at radius 1 is 1.19 bits per heavy atom. The molecule has 0 saturated heterocycles. The molecule has 0 saturated carbocycles. The average molecular weight is 381 g/mol. The summed E-state index contributed by atoms with van der Waals surface area (Å²) in [5, 5.41) is 14.6. The van der Waals surface area contributed by atoms with Crippen molar-refractivity contribution in [2.24, 2.45) is 0 Å². The number of H-pyrrole nitrogens is 1. The van der Waals surface area contributed by atoms with Gasteiger partial charge in [0.25, 0.3) is 0 Å². The number of nitrogens with zero attached hydrogens (tertiary/aromatic N) is 2. The van der Waals surface area contributed by atoms with E-state index in [0.29, 0.717) is 18.3 Å². The molecule has 2 aromatic heterocycles. The highest BCUT2D eigenvalue weighted by Gasteiger charge is 2.35. The third-order valence-corrected chi connectivity index (χ3v) is 3.45. The highest BCUT2D eigenvalue weighted by atomic mass is 19.4. The molecule has 0 radical (unpaired) electrons. The number of aromatic amines is 1. The van der Waals surface area contributed by atoms with E-state index in [4.69, 9.17) is 4.42 Å². The van der Waals surface area contributed by atoms with Crippen LogP contribution in [0.1, 0.15) is 33.5 Å². The first-order valence-corrected chi connectivity index (χ1v) is 7.50. The van der Waals surface area contributed by atoms with Gasteiger partial charge in [-0.05, 0) is 29.8 Å². The lowest BCUT2D eigenvalue weighted by Crippen LogP contribution is -2.07. The molecule has 1 aromatic carbocycles. The van der Waals surface area contributed by atoms with Crippen molar-refractivity contribution in [2.75, 3.05) is 0 Å². The molecule has 3 rings (SSSR count). The number of alkyl halides is 3. The number of furan rings is 1. The highest BCUT2D eigenvalue weighted by Crippen LogP contribution is 2.26. The van der Waals surface area contributed by atoms with Crippen molar-refractivity contribution in [3.8, 4) is 0 Å². The minimum absolute atomic E-state index is 0.134. The molecule has 0 aliphatic rings. The summed E-state index contributed by atoms with van der Waals surface area (Å²) >= 11 is 0. The molecule has 6 nitrogen and oxygen atoms in total. The Kier molecular flexibility index (Phi) is 4.80. The molecule has 0 aliphatic carbocycles. The van der Waals surface area contributed by atoms with Gasteiger partial charge in [0, 0.05) is 12.5 Å². The minimum atomic E-state index is -4.76. The van der Waals surface area contributed by atoms with E-state index >= 15 is 0 Å². The van der Waals surface area contributed by atoms with E-state index in [1.807, 2.05) is 0 Å². The summed E-state index contributed by atoms with van der Waals surface area (Å²) in [6, 6.07) is 8.58. The maximum atomic E-state index is 12.9. The maximum Gasteiger partial charge on any atom is 0.451 e. The Hall–Kier alpha value is -3.43. The number of aromatic nitrogens is 3. The fraction of sp³-hybridized carbons (Fsp3) is 0.118. The molecule has 27 heavy (non-hydrogen) atoms. The van der Waals surface area contributed by atoms with Gasteiger partial charge in [-0.2, -0.15) is 13.2 Å². The number of carbonyl (C=O) groups excluding carboxylic acids is 1. The number of hydrogen-bond donors (Lipinski definition) is 2. The average Bonchev–Trinajstić information content (AvgIpc) is 3.26. The van der Waals surface area contributed by atoms with Gasteiger partial charge in [0.2, 0.25) is 17.4 Å². The Bertz CT molecular complexity index is 988. The maximum absolute atomic E-state index is 12.9. The zero-order valence-corrected chi connectivity index (χ0v) is 13.4. The lowest BCUT2D eigenvalue weighted by atomic mass is 10.1. The van der Waals surface area contributed by atoms with Crippen LogP contribution in [0.2, 0.25) is 0 Å². The minimum Gasteiger partial charge on any atom is -0.504 e. The second-order valence-electron chi connectivity index (χ2n) is 5.47. The molecule has 10 heteroatoms. The molecule has 0 amide bonds. The van der Waals surface area contributed by atoms with Crippen LogP contribution in [-0.2, 0) is 12.6 Å². The first-order chi connectivity index (χ1) is 12.7. The second-order valence-corrected chi connectivity index (χ2v) is 5.47. The zero-order chi connectivity index (χ0) is 19.6. The molecule has 0 atom stereocenters. The summed E-state index contributed by atoms with van der Waals surface area (Å²) in [6.45, 7) is 0. The SMILES string of the molecule is O=C(C=C(O)c1n[nH]c(C(F)(F)F)n1)c1ccc(Cc2ccc(F)cc2)o1. The van der Waals surface area contributed by atoms with Crippen LogP contribution in [0, 0.1) is 5.82 Å². The molecular weight excluding hydrogens is 370 g/mol. The van der Waals surface area contributed by atoms with Crippen molar-refractivity contribution in [1.82, 2.24) is 15.2 Å². The van der Waals surface area contributed by atoms with Crippen molar-refractivity contribution in [1.29, 1.82) is 0 Å². The van der Waals surface area contributed by atoms with Crippen molar-refractivity contribution in [3.63, 3.8) is 0 Å². The Labute approximate surface area is 149 Å². The van der Waals surface area contributed by atoms with E-state index in [9.17, 15) is 27.5 Å². The van der Waals surface area contributed by atoms with E-state index in [1.54, 1.807) is 17.2 Å². The van der Waals surface area contributed by atoms with Crippen molar-refractivity contribution in [3.05, 3.63) is 77.0 Å². The smallest absolute Gasteiger partial charge is 0.451 e. The summed E-state index contributed by atoms with van der Waals surface area (Å²) < 4.78 is 55.6. The number of halogens is 4. The first-order valence-electron chi connectivity index (χ1n) is 7.50. The third-order valence-electron chi connectivity index (χ3n) is 3.45. The number of rotatable bonds is 5. The number of carbonyl (C=O) groups is 1. The number of aliphatic hydroxyl groups is 1. The lowest BCUT2D eigenvalue weighted by molar-refractivity contribution is -0.144. The number of allylic oxidation sites excluding steroid dienone is 1. The monoisotopic (exact) mass is 381 g/mol. The second kappa shape index (κ2) is 7.06. The van der Waals surface area contributed by atoms with Crippen molar-refractivity contribution < 1.29 is 31.9 Å². The lowest BCUT2D eigenvalue weighted by Gasteiger charge is -1.98. The molecule has 3 aromatic rings. The predicted octanol–water partition coefficient (Wildman–Crippen LogP) is 3.93. The van der Waals surface area contributed by atoms with E-state index < -0.39 is 29.4 Å². The molecule has 140 valence electrons. The Morgan fingerprint density at radius 2 is 1.89 bits per heavy atom. The van der Waals surface area contributed by atoms with Gasteiger partial charge in [-0.1, -0.05) is 12.1 Å². The molecule has 2 heterocycles. The largest absolute Gasteiger partial charge is 0.504 e. The van der Waals surface area contributed by atoms with Crippen LogP contribution < -0.4 is 0 Å². The molecule has 0 spiro atoms. The van der Waals surface area contributed by atoms with Gasteiger partial charge in [-0.3, -0.25) is 9.89 Å². The van der Waals surface area contributed by atoms with Crippen LogP contribution in [0.4, 0.5) is 17.6 Å². The molecular formula is C17H11F4N3O3. The fourth-order valence-electron chi connectivity index (χ4n) is 2.17. The molecule has 0 bridgehead atoms. The van der Waals surface area contributed by atoms with E-state index in [0.717, 1.165) is 5.56 Å². The van der Waals surface area contributed by atoms with Gasteiger partial charge in [0.15, 0.2) is 11.5 Å². The van der Waals surface area contributed by atoms with Gasteiger partial charge in [-0.15, -0.1) is 5.10 Å². The first kappa shape index (κ1) is 18.4. The number of ketones is 1. The highest BCUT2D eigenvalue weighted by molar-refractivity contribution is 6.05. The standard InChI is InChI=1S/C17H11F4N3O3/c18-10-3-1-9(2-4-10)7-11-5-6-14(27-11)12(25)8-13(26)15-22-16(24-23-15)17(19,20)21/h1-6,8,26H,7H2,(H,22,23,24). The zero-order valence-electron chi connectivity index (χ0n) is 13.4. The number of hydrogen-bond acceptors (Lipinski definition) is 5. The van der Waals surface area contributed by atoms with Gasteiger partial charge >= 0.3 is 6.18 Å². The summed E-state index contributed by atoms with van der Waals surface area (Å²) in [5.41, 5.74) is 0.753. The summed E-state index contributed by atoms with van der Waals surface area (Å²) in [4.78, 5) is 15.1. The van der Waals surface area contributed by atoms with Crippen molar-refractivity contribution >= 4 is 11.5 Å². The van der Waals surface area contributed by atoms with Gasteiger partial charge in [-0.25, -0.2) is 9.37 Å². The fourth-order valence-corrected chi connectivity index (χ4v) is 2.17. The van der Waals surface area contributed by atoms with Gasteiger partial charge < -0.3 is 9.52 Å². The molecule has 0 aliphatic heterocycles. The van der Waals surface area contributed by atoms with E-state index in [2.05, 4.69) is 10.1 Å². The quantitative estimate of drug-likeness (QED) is 0.302. The van der Waals surface area contributed by atoms with Crippen LogP contribution in [0.25, 0.3) is 5.76 Å². The Morgan fingerprint density at radius 3 is 2.52 bits per heavy atom. The predicted molar refractivity (Wildman–Crippen MR) is 84.2 cm³/mol. The van der Waals surface area contributed by atoms with Crippen LogP contribution in [0.5, 0.6) is 0 Å². The summed E-state index contributed by atoms with van der Waals surface area (Å²) in [5.74, 6) is -3.80. The van der Waals surface area contributed by atoms with Crippen LogP contribution in [0.15, 0.2) is 46.9 Å². The molecule has 2 N–H and O–H groups in total. The van der Waals surface area contributed by atoms with Crippen LogP contribution in [0.3, 0.4) is 0 Å². The van der Waals surface area contributed by atoms with Gasteiger partial charge in [0.1, 0.15) is 11.6 Å². The topological polar surface area (TPSA) is 92.0 Å². The van der Waals surface area contributed by atoms with Crippen LogP contribution >= 0.6 is 0 Å². The van der Waals surface area contributed by atoms with Crippen LogP contribution in [-0.4, -0.2) is 26.1 Å². The number of aliphatic hydroxyl groups excluding tert-OH is 1. The summed E-state index contributed by atoms with van der Waals surface area (Å²) in [7, 11) is 0. The molecule has 0 fully saturated rings. The third kappa shape index (κ3) is 4.40. The van der Waals surface area contributed by atoms with E-state index in [1.165, 1.54) is 24.3 Å². The number of benzene rings is 1.